The molecule has 2 unspecified atom stereocenters. The second-order valence-electron chi connectivity index (χ2n) is 21.4. The van der Waals surface area contributed by atoms with Gasteiger partial charge >= 0.3 is 5.97 Å². The Balaban J connectivity index is 3.36. The Hall–Kier alpha value is -1.66. The number of esters is 1. The summed E-state index contributed by atoms with van der Waals surface area (Å²) in [4.78, 5) is 24.5. The molecule has 0 aliphatic rings. The predicted molar refractivity (Wildman–Crippen MR) is 301 cm³/mol. The van der Waals surface area contributed by atoms with Crippen LogP contribution in [-0.4, -0.2) is 47.4 Å². The van der Waals surface area contributed by atoms with Crippen molar-refractivity contribution in [2.75, 3.05) is 13.2 Å². The third-order valence-corrected chi connectivity index (χ3v) is 14.5. The molecule has 0 aromatic heterocycles. The van der Waals surface area contributed by atoms with E-state index in [1.807, 2.05) is 0 Å². The van der Waals surface area contributed by atoms with Gasteiger partial charge in [0.2, 0.25) is 5.91 Å². The second kappa shape index (κ2) is 58.9. The van der Waals surface area contributed by atoms with Crippen molar-refractivity contribution in [2.45, 2.75) is 353 Å². The molecular weight excluding hydrogens is 851 g/mol. The van der Waals surface area contributed by atoms with E-state index < -0.39 is 12.1 Å². The van der Waals surface area contributed by atoms with Gasteiger partial charge in [0, 0.05) is 12.8 Å². The monoisotopic (exact) mass is 972 g/mol. The van der Waals surface area contributed by atoms with Crippen molar-refractivity contribution in [3.05, 3.63) is 24.3 Å². The lowest BCUT2D eigenvalue weighted by atomic mass is 10.0. The van der Waals surface area contributed by atoms with Crippen molar-refractivity contribution in [1.82, 2.24) is 5.32 Å². The molecule has 0 saturated carbocycles. The average molecular weight is 973 g/mol. The highest BCUT2D eigenvalue weighted by molar-refractivity contribution is 5.76. The molecule has 0 saturated heterocycles. The highest BCUT2D eigenvalue weighted by Crippen LogP contribution is 2.18. The molecule has 0 radical (unpaired) electrons. The molecule has 6 heteroatoms. The number of ether oxygens (including phenoxy) is 1. The van der Waals surface area contributed by atoms with Gasteiger partial charge < -0.3 is 20.3 Å². The maximum absolute atomic E-state index is 12.5. The molecule has 0 aromatic rings. The van der Waals surface area contributed by atoms with E-state index in [9.17, 15) is 19.8 Å². The Morgan fingerprint density at radius 3 is 1.14 bits per heavy atom. The Kier molecular flexibility index (Phi) is 57.5. The van der Waals surface area contributed by atoms with Gasteiger partial charge in [0.05, 0.1) is 25.4 Å². The van der Waals surface area contributed by atoms with Crippen LogP contribution >= 0.6 is 0 Å². The molecule has 0 bridgehead atoms. The third-order valence-electron chi connectivity index (χ3n) is 14.5. The highest BCUT2D eigenvalue weighted by Gasteiger charge is 2.20. The third kappa shape index (κ3) is 55.5. The summed E-state index contributed by atoms with van der Waals surface area (Å²) >= 11 is 0. The van der Waals surface area contributed by atoms with Crippen molar-refractivity contribution in [3.63, 3.8) is 0 Å². The largest absolute Gasteiger partial charge is 0.466 e. The minimum atomic E-state index is -0.663. The number of unbranched alkanes of at least 4 members (excludes halogenated alkanes) is 43. The van der Waals surface area contributed by atoms with Crippen LogP contribution in [0.25, 0.3) is 0 Å². The van der Waals surface area contributed by atoms with E-state index >= 15 is 0 Å². The van der Waals surface area contributed by atoms with Crippen molar-refractivity contribution >= 4 is 11.9 Å². The first kappa shape index (κ1) is 67.3. The average Bonchev–Trinajstić information content (AvgIpc) is 3.35. The standard InChI is InChI=1S/C63H121NO5/c1-3-5-7-9-11-13-15-17-31-35-39-43-47-51-55-61(66)60(59-65)64-62(67)56-52-48-44-40-36-32-29-27-25-23-21-19-20-22-24-26-28-30-34-38-42-46-50-54-58-69-63(68)57-53-49-45-41-37-33-18-16-14-12-10-8-6-4-2/h10,12,16,18,60-61,65-66H,3-9,11,13-15,17,19-59H2,1-2H3,(H,64,67)/b12-10-,18-16-. The molecule has 6 nitrogen and oxygen atoms in total. The van der Waals surface area contributed by atoms with Crippen LogP contribution in [0.15, 0.2) is 24.3 Å². The summed E-state index contributed by atoms with van der Waals surface area (Å²) < 4.78 is 5.47. The van der Waals surface area contributed by atoms with Crippen LogP contribution in [0, 0.1) is 0 Å². The summed E-state index contributed by atoms with van der Waals surface area (Å²) in [5.41, 5.74) is 0. The molecule has 0 aromatic carbocycles. The smallest absolute Gasteiger partial charge is 0.305 e. The highest BCUT2D eigenvalue weighted by atomic mass is 16.5. The first-order valence-electron chi connectivity index (χ1n) is 31.1. The summed E-state index contributed by atoms with van der Waals surface area (Å²) in [7, 11) is 0. The summed E-state index contributed by atoms with van der Waals surface area (Å²) in [6.45, 7) is 4.92. The fourth-order valence-corrected chi connectivity index (χ4v) is 9.72. The van der Waals surface area contributed by atoms with E-state index in [1.165, 1.54) is 257 Å². The van der Waals surface area contributed by atoms with Crippen molar-refractivity contribution in [2.24, 2.45) is 0 Å². The Morgan fingerprint density at radius 1 is 0.406 bits per heavy atom. The van der Waals surface area contributed by atoms with E-state index in [0.29, 0.717) is 25.9 Å². The van der Waals surface area contributed by atoms with Gasteiger partial charge in [0.15, 0.2) is 0 Å². The molecule has 0 spiro atoms. The van der Waals surface area contributed by atoms with Gasteiger partial charge in [0.1, 0.15) is 0 Å². The van der Waals surface area contributed by atoms with E-state index in [4.69, 9.17) is 4.74 Å². The molecule has 0 aliphatic carbocycles. The fourth-order valence-electron chi connectivity index (χ4n) is 9.72. The first-order valence-corrected chi connectivity index (χ1v) is 31.1. The maximum Gasteiger partial charge on any atom is 0.305 e. The molecule has 3 N–H and O–H groups in total. The van der Waals surface area contributed by atoms with E-state index in [1.54, 1.807) is 0 Å². The number of hydrogen-bond acceptors (Lipinski definition) is 5. The molecule has 0 fully saturated rings. The van der Waals surface area contributed by atoms with E-state index in [-0.39, 0.29) is 18.5 Å². The lowest BCUT2D eigenvalue weighted by Crippen LogP contribution is -2.45. The van der Waals surface area contributed by atoms with Crippen molar-refractivity contribution in [1.29, 1.82) is 0 Å². The number of rotatable bonds is 58. The number of aliphatic hydroxyl groups is 2. The molecule has 69 heavy (non-hydrogen) atoms. The molecule has 0 aliphatic heterocycles. The number of aliphatic hydroxyl groups excluding tert-OH is 2. The lowest BCUT2D eigenvalue weighted by molar-refractivity contribution is -0.143. The van der Waals surface area contributed by atoms with Crippen molar-refractivity contribution < 1.29 is 24.5 Å². The summed E-state index contributed by atoms with van der Waals surface area (Å²) in [6.07, 6.45) is 71.9. The van der Waals surface area contributed by atoms with E-state index in [0.717, 1.165) is 51.4 Å². The number of hydrogen-bond donors (Lipinski definition) is 3. The van der Waals surface area contributed by atoms with Gasteiger partial charge in [-0.2, -0.15) is 0 Å². The fraction of sp³-hybridized carbons (Fsp3) is 0.905. The van der Waals surface area contributed by atoms with Crippen LogP contribution in [0.5, 0.6) is 0 Å². The second-order valence-corrected chi connectivity index (χ2v) is 21.4. The topological polar surface area (TPSA) is 95.9 Å². The molecule has 2 atom stereocenters. The zero-order valence-electron chi connectivity index (χ0n) is 46.6. The normalized spacial score (nSPS) is 12.7. The number of amides is 1. The Bertz CT molecular complexity index is 1080. The Labute approximate surface area is 431 Å². The summed E-state index contributed by atoms with van der Waals surface area (Å²) in [5, 5.41) is 23.3. The first-order chi connectivity index (χ1) is 34.0. The minimum absolute atomic E-state index is 0.00111. The van der Waals surface area contributed by atoms with Crippen LogP contribution in [0.4, 0.5) is 0 Å². The van der Waals surface area contributed by atoms with Gasteiger partial charge in [-0.25, -0.2) is 0 Å². The Morgan fingerprint density at radius 2 is 0.739 bits per heavy atom. The predicted octanol–water partition coefficient (Wildman–Crippen LogP) is 19.4. The number of carbonyl (C=O) groups excluding carboxylic acids is 2. The minimum Gasteiger partial charge on any atom is -0.466 e. The molecule has 1 amide bonds. The van der Waals surface area contributed by atoms with Gasteiger partial charge in [-0.05, 0) is 51.4 Å². The SMILES string of the molecule is CCCC/C=C\C/C=C\CCCCCCCC(=O)OCCCCCCCCCCCCCCCCCCCCCCCCCCC(=O)NC(CO)C(O)CCCCCCCCCCCCCCCC. The molecule has 0 heterocycles. The summed E-state index contributed by atoms with van der Waals surface area (Å²) in [5.74, 6) is -0.0312. The zero-order chi connectivity index (χ0) is 50.0. The molecule has 0 rings (SSSR count). The zero-order valence-corrected chi connectivity index (χ0v) is 46.6. The number of carbonyl (C=O) groups is 2. The quantitative estimate of drug-likeness (QED) is 0.0321. The van der Waals surface area contributed by atoms with E-state index in [2.05, 4.69) is 43.5 Å². The lowest BCUT2D eigenvalue weighted by Gasteiger charge is -2.22. The molecule has 408 valence electrons. The van der Waals surface area contributed by atoms with Crippen LogP contribution in [0.3, 0.4) is 0 Å². The summed E-state index contributed by atoms with van der Waals surface area (Å²) in [6, 6.07) is -0.540. The van der Waals surface area contributed by atoms with Crippen LogP contribution in [0.1, 0.15) is 341 Å². The van der Waals surface area contributed by atoms with Gasteiger partial charge in [0.25, 0.3) is 0 Å². The molecular formula is C63H121NO5. The van der Waals surface area contributed by atoms with Gasteiger partial charge in [-0.3, -0.25) is 9.59 Å². The van der Waals surface area contributed by atoms with Crippen molar-refractivity contribution in [3.8, 4) is 0 Å². The number of nitrogens with one attached hydrogen (secondary N) is 1. The number of allylic oxidation sites excluding steroid dienone is 4. The van der Waals surface area contributed by atoms with Crippen LogP contribution in [0.2, 0.25) is 0 Å². The van der Waals surface area contributed by atoms with Gasteiger partial charge in [-0.1, -0.05) is 301 Å². The maximum atomic E-state index is 12.5. The van der Waals surface area contributed by atoms with Crippen LogP contribution < -0.4 is 5.32 Å². The van der Waals surface area contributed by atoms with Crippen LogP contribution in [-0.2, 0) is 14.3 Å². The van der Waals surface area contributed by atoms with Gasteiger partial charge in [-0.15, -0.1) is 0 Å².